The topological polar surface area (TPSA) is 65.1 Å². The lowest BCUT2D eigenvalue weighted by Crippen LogP contribution is -2.35. The molecule has 0 bridgehead atoms. The normalized spacial score (nSPS) is 19.5. The molecule has 50 heavy (non-hydrogen) atoms. The van der Waals surface area contributed by atoms with E-state index in [2.05, 4.69) is 4.74 Å². The summed E-state index contributed by atoms with van der Waals surface area (Å²) in [5, 5.41) is 0. The summed E-state index contributed by atoms with van der Waals surface area (Å²) in [6.07, 6.45) is -11.0. The summed E-state index contributed by atoms with van der Waals surface area (Å²) >= 11 is 0. The Hall–Kier alpha value is -4.62. The molecule has 5 rings (SSSR count). The largest absolute Gasteiger partial charge is 0.496 e. The number of cyclic esters (lactones) is 1. The Morgan fingerprint density at radius 2 is 1.54 bits per heavy atom. The van der Waals surface area contributed by atoms with E-state index in [0.29, 0.717) is 53.9 Å². The monoisotopic (exact) mass is 711 g/mol. The Labute approximate surface area is 282 Å². The zero-order valence-electron chi connectivity index (χ0n) is 27.6. The number of carbonyl (C=O) groups is 2. The number of hydrogen-bond acceptors (Lipinski definition) is 5. The Morgan fingerprint density at radius 1 is 0.940 bits per heavy atom. The molecule has 2 atom stereocenters. The van der Waals surface area contributed by atoms with Gasteiger partial charge in [-0.25, -0.2) is 18.4 Å². The van der Waals surface area contributed by atoms with Gasteiger partial charge >= 0.3 is 24.4 Å². The maximum Gasteiger partial charge on any atom is 0.416 e. The number of esters is 1. The third-order valence-corrected chi connectivity index (χ3v) is 9.14. The summed E-state index contributed by atoms with van der Waals surface area (Å²) in [7, 11) is 2.49. The first-order valence-corrected chi connectivity index (χ1v) is 15.5. The summed E-state index contributed by atoms with van der Waals surface area (Å²) < 4.78 is 128. The van der Waals surface area contributed by atoms with Crippen LogP contribution in [0, 0.1) is 17.0 Å². The van der Waals surface area contributed by atoms with Crippen LogP contribution in [0.4, 0.5) is 39.9 Å². The fraction of sp³-hybridized carbons (Fsp3) is 0.389. The predicted octanol–water partition coefficient (Wildman–Crippen LogP) is 10.0. The van der Waals surface area contributed by atoms with Gasteiger partial charge in [0.25, 0.3) is 0 Å². The first-order valence-electron chi connectivity index (χ1n) is 15.5. The lowest BCUT2D eigenvalue weighted by Gasteiger charge is -2.36. The zero-order valence-corrected chi connectivity index (χ0v) is 27.6. The van der Waals surface area contributed by atoms with Crippen LogP contribution in [0.3, 0.4) is 0 Å². The van der Waals surface area contributed by atoms with Crippen molar-refractivity contribution in [1.82, 2.24) is 4.90 Å². The second-order valence-electron chi connectivity index (χ2n) is 13.2. The van der Waals surface area contributed by atoms with E-state index in [1.807, 2.05) is 13.8 Å². The molecule has 14 heteroatoms. The fourth-order valence-electron chi connectivity index (χ4n) is 6.58. The minimum Gasteiger partial charge on any atom is -0.496 e. The number of alkyl halides is 6. The summed E-state index contributed by atoms with van der Waals surface area (Å²) in [4.78, 5) is 26.4. The number of amides is 1. The van der Waals surface area contributed by atoms with Gasteiger partial charge in [0.1, 0.15) is 23.5 Å². The number of benzene rings is 3. The number of hydrogen-bond donors (Lipinski definition) is 0. The number of methoxy groups -OCH3 is 2. The molecule has 1 amide bonds. The van der Waals surface area contributed by atoms with Crippen molar-refractivity contribution in [3.05, 3.63) is 93.6 Å². The third kappa shape index (κ3) is 7.29. The summed E-state index contributed by atoms with van der Waals surface area (Å²) in [5.74, 6) is -2.59. The highest BCUT2D eigenvalue weighted by Gasteiger charge is 2.44. The van der Waals surface area contributed by atoms with Crippen molar-refractivity contribution in [3.8, 4) is 16.9 Å². The minimum absolute atomic E-state index is 0.0106. The van der Waals surface area contributed by atoms with E-state index in [-0.39, 0.29) is 29.2 Å². The van der Waals surface area contributed by atoms with Gasteiger partial charge in [-0.1, -0.05) is 19.9 Å². The van der Waals surface area contributed by atoms with Gasteiger partial charge in [0.15, 0.2) is 0 Å². The highest BCUT2D eigenvalue weighted by atomic mass is 19.4. The van der Waals surface area contributed by atoms with Crippen LogP contribution in [0.15, 0.2) is 54.1 Å². The van der Waals surface area contributed by atoms with Crippen LogP contribution < -0.4 is 4.74 Å². The molecule has 6 nitrogen and oxygen atoms in total. The fourth-order valence-corrected chi connectivity index (χ4v) is 6.58. The number of halogens is 8. The van der Waals surface area contributed by atoms with E-state index in [1.54, 1.807) is 0 Å². The molecule has 1 heterocycles. The smallest absolute Gasteiger partial charge is 0.416 e. The van der Waals surface area contributed by atoms with E-state index in [9.17, 15) is 35.9 Å². The molecule has 0 N–H and O–H groups in total. The Kier molecular flexibility index (Phi) is 9.72. The number of allylic oxidation sites excluding steroid dienone is 1. The number of ether oxygens (including phenoxy) is 3. The van der Waals surface area contributed by atoms with E-state index >= 15 is 8.78 Å². The maximum absolute atomic E-state index is 15.3. The van der Waals surface area contributed by atoms with Gasteiger partial charge in [-0.05, 0) is 96.3 Å². The van der Waals surface area contributed by atoms with E-state index in [0.717, 1.165) is 19.2 Å². The maximum atomic E-state index is 15.3. The molecular formula is C36H33F8NO5. The van der Waals surface area contributed by atoms with Crippen LogP contribution in [0.25, 0.3) is 16.7 Å². The molecule has 1 aliphatic carbocycles. The summed E-state index contributed by atoms with van der Waals surface area (Å²) in [6.45, 7) is 5.38. The van der Waals surface area contributed by atoms with Crippen LogP contribution in [0.1, 0.15) is 78.7 Å². The second kappa shape index (κ2) is 13.3. The molecule has 0 aromatic heterocycles. The standard InChI is InChI=1S/C36H33F8NO5/c1-18-31(20-10-23(35(39,40)41)15-24(11-20)36(42,43)44)50-33(47)45(18)17-22-16-34(2,3)9-8-25(22)26-12-19(6-7-29(26)48-4)30-27(37)13-21(14-28(30)38)32(46)49-5/h6-7,10-15,18,31H,8-9,16-17H2,1-5H3/t18-,31-/m0/s1. The molecule has 1 saturated heterocycles. The average Bonchev–Trinajstić information content (AvgIpc) is 3.31. The van der Waals surface area contributed by atoms with Gasteiger partial charge in [0.05, 0.1) is 42.5 Å². The molecule has 268 valence electrons. The van der Waals surface area contributed by atoms with Gasteiger partial charge in [-0.2, -0.15) is 26.3 Å². The second-order valence-corrected chi connectivity index (χ2v) is 13.2. The van der Waals surface area contributed by atoms with Crippen molar-refractivity contribution >= 4 is 17.6 Å². The van der Waals surface area contributed by atoms with Crippen LogP contribution in [0.5, 0.6) is 5.75 Å². The molecular weight excluding hydrogens is 678 g/mol. The first kappa shape index (κ1) is 36.7. The average molecular weight is 712 g/mol. The van der Waals surface area contributed by atoms with Crippen molar-refractivity contribution < 1.29 is 58.9 Å². The SMILES string of the molecule is COC(=O)c1cc(F)c(-c2ccc(OC)c(C3=C(CN4C(=O)O[C@H](c5cc(C(F)(F)F)cc(C(F)(F)F)c5)[C@@H]4C)CC(C)(C)CC3)c2)c(F)c1. The molecule has 2 aliphatic rings. The van der Waals surface area contributed by atoms with Crippen molar-refractivity contribution in [3.63, 3.8) is 0 Å². The first-order chi connectivity index (χ1) is 23.2. The van der Waals surface area contributed by atoms with Gasteiger partial charge in [-0.3, -0.25) is 4.90 Å². The summed E-state index contributed by atoms with van der Waals surface area (Å²) in [6, 6.07) is 6.36. The van der Waals surface area contributed by atoms with E-state index in [4.69, 9.17) is 9.47 Å². The van der Waals surface area contributed by atoms with Gasteiger partial charge in [-0.15, -0.1) is 0 Å². The summed E-state index contributed by atoms with van der Waals surface area (Å²) in [5.41, 5.74) is -2.52. The molecule has 1 fully saturated rings. The van der Waals surface area contributed by atoms with Crippen LogP contribution in [0.2, 0.25) is 0 Å². The number of nitrogens with zero attached hydrogens (tertiary/aromatic N) is 1. The lowest BCUT2D eigenvalue weighted by molar-refractivity contribution is -0.143. The Bertz CT molecular complexity index is 1810. The van der Waals surface area contributed by atoms with Gasteiger partial charge < -0.3 is 14.2 Å². The molecule has 3 aromatic carbocycles. The van der Waals surface area contributed by atoms with Crippen LogP contribution >= 0.6 is 0 Å². The quantitative estimate of drug-likeness (QED) is 0.180. The lowest BCUT2D eigenvalue weighted by atomic mass is 9.72. The molecule has 0 unspecified atom stereocenters. The highest BCUT2D eigenvalue weighted by molar-refractivity contribution is 5.90. The van der Waals surface area contributed by atoms with Crippen molar-refractivity contribution in [1.29, 1.82) is 0 Å². The Balaban J connectivity index is 1.56. The zero-order chi connectivity index (χ0) is 36.9. The van der Waals surface area contributed by atoms with Crippen molar-refractivity contribution in [2.24, 2.45) is 5.41 Å². The van der Waals surface area contributed by atoms with Crippen molar-refractivity contribution in [2.75, 3.05) is 20.8 Å². The molecule has 3 aromatic rings. The Morgan fingerprint density at radius 3 is 2.08 bits per heavy atom. The van der Waals surface area contributed by atoms with Crippen LogP contribution in [-0.4, -0.2) is 43.8 Å². The molecule has 0 radical (unpaired) electrons. The number of carbonyl (C=O) groups excluding carboxylic acids is 2. The molecule has 0 saturated carbocycles. The molecule has 1 aliphatic heterocycles. The van der Waals surface area contributed by atoms with Crippen molar-refractivity contribution in [2.45, 2.75) is 64.5 Å². The minimum atomic E-state index is -5.09. The van der Waals surface area contributed by atoms with E-state index < -0.39 is 70.4 Å². The van der Waals surface area contributed by atoms with Gasteiger partial charge in [0.2, 0.25) is 0 Å². The number of rotatable bonds is 7. The van der Waals surface area contributed by atoms with Crippen LogP contribution in [-0.2, 0) is 21.8 Å². The highest BCUT2D eigenvalue weighted by Crippen LogP contribution is 2.47. The molecule has 0 spiro atoms. The van der Waals surface area contributed by atoms with E-state index in [1.165, 1.54) is 37.1 Å². The third-order valence-electron chi connectivity index (χ3n) is 9.14. The van der Waals surface area contributed by atoms with Gasteiger partial charge in [0, 0.05) is 12.1 Å². The predicted molar refractivity (Wildman–Crippen MR) is 166 cm³/mol.